The summed E-state index contributed by atoms with van der Waals surface area (Å²) >= 11 is 0. The minimum absolute atomic E-state index is 0.298. The number of carbonyl (C=O) groups is 1. The molecule has 4 rings (SSSR count). The van der Waals surface area contributed by atoms with Crippen LogP contribution in [0.3, 0.4) is 0 Å². The molecular weight excluding hydrogens is 446 g/mol. The number of allylic oxidation sites excluding steroid dienone is 1. The zero-order valence-electron chi connectivity index (χ0n) is 20.3. The zero-order chi connectivity index (χ0) is 24.9. The van der Waals surface area contributed by atoms with E-state index in [-0.39, 0.29) is 5.91 Å². The van der Waals surface area contributed by atoms with E-state index in [2.05, 4.69) is 5.32 Å². The number of amides is 1. The minimum Gasteiger partial charge on any atom is -0.497 e. The first-order valence-electron chi connectivity index (χ1n) is 10.9. The molecule has 0 spiro atoms. The van der Waals surface area contributed by atoms with Gasteiger partial charge in [0.15, 0.2) is 0 Å². The molecule has 35 heavy (non-hydrogen) atoms. The molecule has 1 amide bonds. The first-order valence-corrected chi connectivity index (χ1v) is 10.9. The Hall–Kier alpha value is -4.39. The Morgan fingerprint density at radius 1 is 0.857 bits per heavy atom. The smallest absolute Gasteiger partial charge is 0.248 e. The van der Waals surface area contributed by atoms with E-state index in [4.69, 9.17) is 23.4 Å². The summed E-state index contributed by atoms with van der Waals surface area (Å²) < 4.78 is 27.4. The number of benzene rings is 3. The molecule has 0 aliphatic rings. The van der Waals surface area contributed by atoms with Crippen LogP contribution < -0.4 is 24.3 Å². The number of rotatable bonds is 8. The second-order valence-corrected chi connectivity index (χ2v) is 7.81. The summed E-state index contributed by atoms with van der Waals surface area (Å²) in [6, 6.07) is 16.8. The van der Waals surface area contributed by atoms with Crippen LogP contribution in [0.4, 0.5) is 5.69 Å². The van der Waals surface area contributed by atoms with E-state index in [9.17, 15) is 4.79 Å². The fourth-order valence-electron chi connectivity index (χ4n) is 3.89. The molecule has 180 valence electrons. The van der Waals surface area contributed by atoms with Crippen molar-refractivity contribution < 1.29 is 28.2 Å². The van der Waals surface area contributed by atoms with Gasteiger partial charge in [-0.15, -0.1) is 0 Å². The summed E-state index contributed by atoms with van der Waals surface area (Å²) in [6.07, 6.45) is 3.24. The fraction of sp³-hybridized carbons (Fsp3) is 0.179. The molecule has 0 aliphatic heterocycles. The van der Waals surface area contributed by atoms with E-state index in [0.29, 0.717) is 28.5 Å². The summed E-state index contributed by atoms with van der Waals surface area (Å²) in [5.74, 6) is 2.20. The van der Waals surface area contributed by atoms with Gasteiger partial charge in [0.25, 0.3) is 0 Å². The zero-order valence-corrected chi connectivity index (χ0v) is 20.3. The normalized spacial score (nSPS) is 11.3. The molecule has 0 aliphatic carbocycles. The summed E-state index contributed by atoms with van der Waals surface area (Å²) in [7, 11) is 6.34. The highest BCUT2D eigenvalue weighted by molar-refractivity contribution is 6.06. The van der Waals surface area contributed by atoms with Crippen molar-refractivity contribution in [1.82, 2.24) is 0 Å². The predicted octanol–water partition coefficient (Wildman–Crippen LogP) is 6.18. The first kappa shape index (κ1) is 23.8. The monoisotopic (exact) mass is 473 g/mol. The van der Waals surface area contributed by atoms with Crippen LogP contribution in [0.25, 0.3) is 27.7 Å². The number of furan rings is 1. The first-order chi connectivity index (χ1) is 17.0. The molecule has 0 radical (unpaired) electrons. The lowest BCUT2D eigenvalue weighted by molar-refractivity contribution is -0.111. The van der Waals surface area contributed by atoms with Gasteiger partial charge in [-0.3, -0.25) is 4.79 Å². The SMILES string of the molecule is COc1cccc(-c2coc3cc(OC)c(/C(C)=C/C(=O)Nc4ccc(OC)cc4OC)cc23)c1. The Labute approximate surface area is 203 Å². The van der Waals surface area contributed by atoms with Crippen LogP contribution in [-0.4, -0.2) is 34.3 Å². The second-order valence-electron chi connectivity index (χ2n) is 7.81. The lowest BCUT2D eigenvalue weighted by Crippen LogP contribution is -2.10. The van der Waals surface area contributed by atoms with E-state index >= 15 is 0 Å². The standard InChI is InChI=1S/C28H27NO6/c1-17(11-28(30)29-24-10-9-20(32-3)13-27(24)34-5)21-14-22-23(16-35-26(22)15-25(21)33-4)18-7-6-8-19(12-18)31-2/h6-16H,1-5H3,(H,29,30)/b17-11+. The number of carbonyl (C=O) groups excluding carboxylic acids is 1. The van der Waals surface area contributed by atoms with Crippen molar-refractivity contribution in [3.63, 3.8) is 0 Å². The number of nitrogens with one attached hydrogen (secondary N) is 1. The van der Waals surface area contributed by atoms with Crippen molar-refractivity contribution in [3.8, 4) is 34.1 Å². The lowest BCUT2D eigenvalue weighted by atomic mass is 9.99. The Bertz CT molecular complexity index is 1400. The highest BCUT2D eigenvalue weighted by atomic mass is 16.5. The van der Waals surface area contributed by atoms with Gasteiger partial charge in [0.2, 0.25) is 5.91 Å². The average molecular weight is 474 g/mol. The van der Waals surface area contributed by atoms with Crippen LogP contribution in [0.1, 0.15) is 12.5 Å². The van der Waals surface area contributed by atoms with Crippen molar-refractivity contribution in [3.05, 3.63) is 72.5 Å². The fourth-order valence-corrected chi connectivity index (χ4v) is 3.89. The summed E-state index contributed by atoms with van der Waals surface area (Å²) in [4.78, 5) is 12.8. The van der Waals surface area contributed by atoms with Gasteiger partial charge in [-0.1, -0.05) is 12.1 Å². The molecule has 0 fully saturated rings. The van der Waals surface area contributed by atoms with E-state index in [1.807, 2.05) is 43.3 Å². The number of anilines is 1. The van der Waals surface area contributed by atoms with Gasteiger partial charge in [0.05, 0.1) is 40.4 Å². The van der Waals surface area contributed by atoms with Gasteiger partial charge in [-0.05, 0) is 48.4 Å². The Balaban J connectivity index is 1.69. The van der Waals surface area contributed by atoms with Crippen molar-refractivity contribution in [2.45, 2.75) is 6.92 Å². The quantitative estimate of drug-likeness (QED) is 0.308. The molecule has 1 aromatic heterocycles. The Kier molecular flexibility index (Phi) is 6.96. The van der Waals surface area contributed by atoms with Crippen LogP contribution in [0.5, 0.6) is 23.0 Å². The third-order valence-corrected chi connectivity index (χ3v) is 5.72. The van der Waals surface area contributed by atoms with Gasteiger partial charge < -0.3 is 28.7 Å². The molecule has 0 atom stereocenters. The molecule has 0 unspecified atom stereocenters. The number of ether oxygens (including phenoxy) is 4. The van der Waals surface area contributed by atoms with Gasteiger partial charge in [-0.25, -0.2) is 0 Å². The largest absolute Gasteiger partial charge is 0.497 e. The van der Waals surface area contributed by atoms with E-state index < -0.39 is 0 Å². The summed E-state index contributed by atoms with van der Waals surface area (Å²) in [5, 5.41) is 3.77. The summed E-state index contributed by atoms with van der Waals surface area (Å²) in [6.45, 7) is 1.86. The number of fused-ring (bicyclic) bond motifs is 1. The summed E-state index contributed by atoms with van der Waals surface area (Å²) in [5.41, 5.74) is 4.62. The van der Waals surface area contributed by atoms with Crippen molar-refractivity contribution in [2.24, 2.45) is 0 Å². The number of hydrogen-bond donors (Lipinski definition) is 1. The van der Waals surface area contributed by atoms with E-state index in [0.717, 1.165) is 33.4 Å². The molecular formula is C28H27NO6. The lowest BCUT2D eigenvalue weighted by Gasteiger charge is -2.12. The highest BCUT2D eigenvalue weighted by Gasteiger charge is 2.16. The van der Waals surface area contributed by atoms with Crippen molar-refractivity contribution in [1.29, 1.82) is 0 Å². The van der Waals surface area contributed by atoms with Gasteiger partial charge in [-0.2, -0.15) is 0 Å². The molecule has 1 heterocycles. The predicted molar refractivity (Wildman–Crippen MR) is 137 cm³/mol. The highest BCUT2D eigenvalue weighted by Crippen LogP contribution is 2.38. The molecule has 4 aromatic rings. The maximum absolute atomic E-state index is 12.8. The average Bonchev–Trinajstić information content (AvgIpc) is 3.30. The van der Waals surface area contributed by atoms with Crippen molar-refractivity contribution >= 4 is 28.1 Å². The van der Waals surface area contributed by atoms with Gasteiger partial charge in [0.1, 0.15) is 28.6 Å². The van der Waals surface area contributed by atoms with Crippen LogP contribution >= 0.6 is 0 Å². The number of hydrogen-bond acceptors (Lipinski definition) is 6. The topological polar surface area (TPSA) is 79.2 Å². The molecule has 0 saturated carbocycles. The molecule has 7 nitrogen and oxygen atoms in total. The Morgan fingerprint density at radius 2 is 1.60 bits per heavy atom. The molecule has 0 saturated heterocycles. The maximum atomic E-state index is 12.8. The third kappa shape index (κ3) is 4.94. The van der Waals surface area contributed by atoms with Crippen LogP contribution in [0.2, 0.25) is 0 Å². The second kappa shape index (κ2) is 10.3. The van der Waals surface area contributed by atoms with Crippen LogP contribution in [-0.2, 0) is 4.79 Å². The maximum Gasteiger partial charge on any atom is 0.248 e. The Morgan fingerprint density at radius 3 is 2.31 bits per heavy atom. The van der Waals surface area contributed by atoms with Gasteiger partial charge in [0, 0.05) is 34.7 Å². The van der Waals surface area contributed by atoms with E-state index in [1.165, 1.54) is 13.2 Å². The third-order valence-electron chi connectivity index (χ3n) is 5.72. The molecule has 3 aromatic carbocycles. The molecule has 7 heteroatoms. The van der Waals surface area contributed by atoms with Crippen LogP contribution in [0, 0.1) is 0 Å². The van der Waals surface area contributed by atoms with Gasteiger partial charge >= 0.3 is 0 Å². The minimum atomic E-state index is -0.298. The van der Waals surface area contributed by atoms with Crippen molar-refractivity contribution in [2.75, 3.05) is 33.8 Å². The molecule has 1 N–H and O–H groups in total. The molecule has 0 bridgehead atoms. The van der Waals surface area contributed by atoms with Crippen LogP contribution in [0.15, 0.2) is 71.4 Å². The number of methoxy groups -OCH3 is 4. The van der Waals surface area contributed by atoms with E-state index in [1.54, 1.807) is 45.8 Å².